The standard InChI is InChI=1S/C20H22N2O5/c1-13(27-17(23)11-10-14-7-6-12-26-14)18(24)22-16-9-5-4-8-15(16)21-19(25)20(22,2)3/h4-9,12-13H,10-11H2,1-3H3,(H,21,25)/t13-/m0/s1. The number of benzene rings is 1. The van der Waals surface area contributed by atoms with E-state index in [1.165, 1.54) is 18.1 Å². The third-order valence-electron chi connectivity index (χ3n) is 4.54. The Balaban J connectivity index is 1.73. The number of carbonyl (C=O) groups excluding carboxylic acids is 3. The number of para-hydroxylation sites is 2. The van der Waals surface area contributed by atoms with Gasteiger partial charge in [0.25, 0.3) is 5.91 Å². The first-order valence-corrected chi connectivity index (χ1v) is 8.77. The minimum atomic E-state index is -1.11. The summed E-state index contributed by atoms with van der Waals surface area (Å²) in [6.45, 7) is 4.82. The lowest BCUT2D eigenvalue weighted by Crippen LogP contribution is -2.60. The fourth-order valence-electron chi connectivity index (χ4n) is 3.01. The van der Waals surface area contributed by atoms with Gasteiger partial charge in [0.1, 0.15) is 11.3 Å². The topological polar surface area (TPSA) is 88.8 Å². The van der Waals surface area contributed by atoms with Gasteiger partial charge in [0.15, 0.2) is 6.10 Å². The summed E-state index contributed by atoms with van der Waals surface area (Å²) in [7, 11) is 0. The van der Waals surface area contributed by atoms with Crippen molar-refractivity contribution in [3.63, 3.8) is 0 Å². The Bertz CT molecular complexity index is 857. The molecule has 7 heteroatoms. The Morgan fingerprint density at radius 3 is 2.67 bits per heavy atom. The molecule has 0 radical (unpaired) electrons. The minimum absolute atomic E-state index is 0.103. The van der Waals surface area contributed by atoms with Crippen LogP contribution in [-0.4, -0.2) is 29.4 Å². The third-order valence-corrected chi connectivity index (χ3v) is 4.54. The van der Waals surface area contributed by atoms with Gasteiger partial charge in [-0.2, -0.15) is 0 Å². The molecule has 1 aliphatic rings. The van der Waals surface area contributed by atoms with Crippen molar-refractivity contribution in [3.05, 3.63) is 48.4 Å². The van der Waals surface area contributed by atoms with Gasteiger partial charge < -0.3 is 14.5 Å². The first kappa shape index (κ1) is 18.7. The Hall–Kier alpha value is -3.09. The van der Waals surface area contributed by atoms with Gasteiger partial charge in [-0.1, -0.05) is 12.1 Å². The number of aryl methyl sites for hydroxylation is 1. The van der Waals surface area contributed by atoms with Gasteiger partial charge in [0, 0.05) is 6.42 Å². The number of rotatable bonds is 5. The number of amides is 2. The number of anilines is 2. The van der Waals surface area contributed by atoms with Crippen molar-refractivity contribution in [2.75, 3.05) is 10.2 Å². The molecule has 0 fully saturated rings. The lowest BCUT2D eigenvalue weighted by Gasteiger charge is -2.42. The number of fused-ring (bicyclic) bond motifs is 1. The molecule has 142 valence electrons. The molecule has 0 spiro atoms. The summed E-state index contributed by atoms with van der Waals surface area (Å²) in [5.41, 5.74) is 0.0115. The molecule has 0 unspecified atom stereocenters. The number of nitrogens with one attached hydrogen (secondary N) is 1. The molecular formula is C20H22N2O5. The average Bonchev–Trinajstić information content (AvgIpc) is 3.14. The molecule has 7 nitrogen and oxygen atoms in total. The molecule has 2 amide bonds. The van der Waals surface area contributed by atoms with E-state index in [-0.39, 0.29) is 12.3 Å². The lowest BCUT2D eigenvalue weighted by atomic mass is 9.95. The monoisotopic (exact) mass is 370 g/mol. The van der Waals surface area contributed by atoms with Crippen molar-refractivity contribution in [2.24, 2.45) is 0 Å². The summed E-state index contributed by atoms with van der Waals surface area (Å²) in [5.74, 6) is -0.576. The number of esters is 1. The van der Waals surface area contributed by atoms with E-state index >= 15 is 0 Å². The lowest BCUT2D eigenvalue weighted by molar-refractivity contribution is -0.154. The summed E-state index contributed by atoms with van der Waals surface area (Å²) >= 11 is 0. The SMILES string of the molecule is C[C@H](OC(=O)CCc1ccco1)C(=O)N1c2ccccc2NC(=O)C1(C)C. The van der Waals surface area contributed by atoms with E-state index in [1.807, 2.05) is 0 Å². The number of hydrogen-bond donors (Lipinski definition) is 1. The molecule has 0 saturated carbocycles. The van der Waals surface area contributed by atoms with Crippen LogP contribution in [-0.2, 0) is 25.5 Å². The third kappa shape index (κ3) is 3.72. The van der Waals surface area contributed by atoms with Crippen molar-refractivity contribution >= 4 is 29.2 Å². The number of nitrogens with zero attached hydrogens (tertiary/aromatic N) is 1. The molecule has 2 heterocycles. The first-order chi connectivity index (χ1) is 12.8. The zero-order valence-electron chi connectivity index (χ0n) is 15.5. The molecule has 2 aromatic rings. The Morgan fingerprint density at radius 2 is 1.96 bits per heavy atom. The quantitative estimate of drug-likeness (QED) is 0.818. The van der Waals surface area contributed by atoms with E-state index < -0.39 is 23.5 Å². The van der Waals surface area contributed by atoms with Crippen LogP contribution < -0.4 is 10.2 Å². The second-order valence-electron chi connectivity index (χ2n) is 6.92. The molecule has 1 aromatic carbocycles. The van der Waals surface area contributed by atoms with Crippen LogP contribution in [0.1, 0.15) is 33.0 Å². The van der Waals surface area contributed by atoms with Gasteiger partial charge in [-0.15, -0.1) is 0 Å². The van der Waals surface area contributed by atoms with Crippen LogP contribution in [0.2, 0.25) is 0 Å². The fraction of sp³-hybridized carbons (Fsp3) is 0.350. The smallest absolute Gasteiger partial charge is 0.307 e. The van der Waals surface area contributed by atoms with Crippen LogP contribution >= 0.6 is 0 Å². The molecule has 0 aliphatic carbocycles. The summed E-state index contributed by atoms with van der Waals surface area (Å²) in [5, 5.41) is 2.80. The predicted octanol–water partition coefficient (Wildman–Crippen LogP) is 2.91. The summed E-state index contributed by atoms with van der Waals surface area (Å²) in [6, 6.07) is 10.6. The van der Waals surface area contributed by atoms with Gasteiger partial charge in [0.2, 0.25) is 5.91 Å². The number of carbonyl (C=O) groups is 3. The van der Waals surface area contributed by atoms with Gasteiger partial charge >= 0.3 is 5.97 Å². The number of furan rings is 1. The van der Waals surface area contributed by atoms with E-state index in [0.29, 0.717) is 23.6 Å². The molecule has 0 bridgehead atoms. The fourth-order valence-corrected chi connectivity index (χ4v) is 3.01. The molecule has 1 aromatic heterocycles. The second-order valence-corrected chi connectivity index (χ2v) is 6.92. The van der Waals surface area contributed by atoms with Crippen molar-refractivity contribution in [1.82, 2.24) is 0 Å². The zero-order valence-corrected chi connectivity index (χ0v) is 15.5. The van der Waals surface area contributed by atoms with Gasteiger partial charge in [-0.3, -0.25) is 19.3 Å². The maximum absolute atomic E-state index is 13.0. The normalized spacial score (nSPS) is 16.3. The van der Waals surface area contributed by atoms with Crippen molar-refractivity contribution in [1.29, 1.82) is 0 Å². The van der Waals surface area contributed by atoms with Crippen molar-refractivity contribution < 1.29 is 23.5 Å². The predicted molar refractivity (Wildman–Crippen MR) is 99.2 cm³/mol. The van der Waals surface area contributed by atoms with E-state index in [2.05, 4.69) is 5.32 Å². The zero-order chi connectivity index (χ0) is 19.6. The largest absolute Gasteiger partial charge is 0.469 e. The summed E-state index contributed by atoms with van der Waals surface area (Å²) in [4.78, 5) is 39.0. The highest BCUT2D eigenvalue weighted by atomic mass is 16.5. The Morgan fingerprint density at radius 1 is 1.22 bits per heavy atom. The average molecular weight is 370 g/mol. The first-order valence-electron chi connectivity index (χ1n) is 8.77. The summed E-state index contributed by atoms with van der Waals surface area (Å²) in [6.07, 6.45) is 1.01. The van der Waals surface area contributed by atoms with E-state index in [0.717, 1.165) is 0 Å². The Kier molecular flexibility index (Phi) is 5.03. The van der Waals surface area contributed by atoms with Crippen LogP contribution in [0, 0.1) is 0 Å². The molecule has 3 rings (SSSR count). The highest BCUT2D eigenvalue weighted by molar-refractivity contribution is 6.15. The number of ether oxygens (including phenoxy) is 1. The highest BCUT2D eigenvalue weighted by Crippen LogP contribution is 2.37. The minimum Gasteiger partial charge on any atom is -0.469 e. The van der Waals surface area contributed by atoms with Crippen molar-refractivity contribution in [2.45, 2.75) is 45.3 Å². The van der Waals surface area contributed by atoms with Crippen LogP contribution in [0.3, 0.4) is 0 Å². The molecule has 1 atom stereocenters. The maximum Gasteiger partial charge on any atom is 0.307 e. The molecule has 1 aliphatic heterocycles. The highest BCUT2D eigenvalue weighted by Gasteiger charge is 2.45. The van der Waals surface area contributed by atoms with Crippen LogP contribution in [0.25, 0.3) is 0 Å². The summed E-state index contributed by atoms with van der Waals surface area (Å²) < 4.78 is 10.5. The molecule has 27 heavy (non-hydrogen) atoms. The van der Waals surface area contributed by atoms with Gasteiger partial charge in [0.05, 0.1) is 24.1 Å². The molecule has 1 N–H and O–H groups in total. The Labute approximate surface area is 157 Å². The molecule has 0 saturated heterocycles. The van der Waals surface area contributed by atoms with Crippen molar-refractivity contribution in [3.8, 4) is 0 Å². The van der Waals surface area contributed by atoms with Gasteiger partial charge in [-0.05, 0) is 45.0 Å². The molecular weight excluding hydrogens is 348 g/mol. The van der Waals surface area contributed by atoms with E-state index in [1.54, 1.807) is 50.2 Å². The van der Waals surface area contributed by atoms with Gasteiger partial charge in [-0.25, -0.2) is 0 Å². The maximum atomic E-state index is 13.0. The van der Waals surface area contributed by atoms with Crippen LogP contribution in [0.15, 0.2) is 47.1 Å². The van der Waals surface area contributed by atoms with E-state index in [4.69, 9.17) is 9.15 Å². The van der Waals surface area contributed by atoms with Crippen LogP contribution in [0.4, 0.5) is 11.4 Å². The van der Waals surface area contributed by atoms with E-state index in [9.17, 15) is 14.4 Å². The van der Waals surface area contributed by atoms with Crippen LogP contribution in [0.5, 0.6) is 0 Å². The second kappa shape index (κ2) is 7.26. The number of hydrogen-bond acceptors (Lipinski definition) is 5.